The van der Waals surface area contributed by atoms with Gasteiger partial charge in [-0.25, -0.2) is 0 Å². The molecule has 0 saturated carbocycles. The summed E-state index contributed by atoms with van der Waals surface area (Å²) in [7, 11) is 0. The van der Waals surface area contributed by atoms with E-state index in [4.69, 9.17) is 13.8 Å². The van der Waals surface area contributed by atoms with Crippen molar-refractivity contribution in [3.8, 4) is 56.4 Å². The van der Waals surface area contributed by atoms with Crippen molar-refractivity contribution in [1.29, 1.82) is 0 Å². The molecule has 7 nitrogen and oxygen atoms in total. The van der Waals surface area contributed by atoms with Crippen LogP contribution in [0.5, 0.6) is 11.5 Å². The fourth-order valence-electron chi connectivity index (χ4n) is 9.24. The number of ether oxygens (including phenoxy) is 1. The van der Waals surface area contributed by atoms with Crippen LogP contribution in [0.2, 0.25) is 6.82 Å². The molecule has 0 unspecified atom stereocenters. The third-order valence-electron chi connectivity index (χ3n) is 13.0. The monoisotopic (exact) mass is 1080 g/mol. The minimum atomic E-state index is -0.431. The van der Waals surface area contributed by atoms with E-state index < -0.39 is 6.04 Å². The van der Waals surface area contributed by atoms with Crippen LogP contribution in [0.3, 0.4) is 0 Å². The Morgan fingerprint density at radius 2 is 1.24 bits per heavy atom. The van der Waals surface area contributed by atoms with E-state index in [9.17, 15) is 2.74 Å². The molecule has 0 radical (unpaired) electrons. The summed E-state index contributed by atoms with van der Waals surface area (Å²) in [6, 6.07) is 38.0. The number of nitrogens with zero attached hydrogens (tertiary/aromatic N) is 6. The molecule has 0 aliphatic carbocycles. The quantitative estimate of drug-likeness (QED) is 0.149. The van der Waals surface area contributed by atoms with Gasteiger partial charge in [-0.1, -0.05) is 0 Å². The predicted molar refractivity (Wildman–Crippen MR) is 279 cm³/mol. The van der Waals surface area contributed by atoms with Crippen LogP contribution in [0.25, 0.3) is 55.9 Å². The molecule has 0 saturated heterocycles. The normalized spacial score (nSPS) is 14.0. The number of hydrogen-bond acceptors (Lipinski definition) is 4. The molecule has 9 heteroatoms. The average molecular weight is 1080 g/mol. The Morgan fingerprint density at radius 3 is 1.90 bits per heavy atom. The molecule has 4 heterocycles. The second kappa shape index (κ2) is 16.9. The van der Waals surface area contributed by atoms with Crippen molar-refractivity contribution in [3.63, 3.8) is 0 Å². The zero-order valence-corrected chi connectivity index (χ0v) is 42.9. The summed E-state index contributed by atoms with van der Waals surface area (Å²) < 4.78 is 59.5. The summed E-state index contributed by atoms with van der Waals surface area (Å²) in [5.74, 6) is 2.12. The molecule has 344 valence electrons. The molecule has 3 aromatic heterocycles. The number of fused-ring (bicyclic) bond motifs is 4. The standard InChI is InChI=1S/C59H59BN6O.Pt/c1-39-26-28-61-55(30-39)65-54-37-47(24-25-48(54)51-27-29-62-66(51)60(65)11)67-46-21-17-20-45(36-46)63-38-64(53-23-16-15-22-52(53)63)56-49(40-18-13-12-14-19-40)34-44(59(8,9)10)35-50(56)41-31-42(57(2,3)4)33-43(32-41)58(5,6)7;/h12-37H,1-11H3;/i12D,13D,14D,18D,19D;. The van der Waals surface area contributed by atoms with Crippen LogP contribution in [0.15, 0.2) is 158 Å². The number of aromatic nitrogens is 5. The zero-order valence-electron chi connectivity index (χ0n) is 45.6. The first-order chi connectivity index (χ1) is 34.4. The van der Waals surface area contributed by atoms with Gasteiger partial charge in [-0.05, 0) is 18.6 Å². The van der Waals surface area contributed by atoms with Gasteiger partial charge in [0.15, 0.2) is 0 Å². The van der Waals surface area contributed by atoms with Gasteiger partial charge in [-0.3, -0.25) is 0 Å². The summed E-state index contributed by atoms with van der Waals surface area (Å²) >= 11 is 2.39. The number of pyridine rings is 1. The molecular weight excluding hydrogens is 1010 g/mol. The van der Waals surface area contributed by atoms with E-state index in [-0.39, 0.29) is 53.0 Å². The van der Waals surface area contributed by atoms with Gasteiger partial charge in [-0.2, -0.15) is 5.10 Å². The van der Waals surface area contributed by atoms with Gasteiger partial charge in [0.2, 0.25) is 0 Å². The molecule has 0 N–H and O–H groups in total. The summed E-state index contributed by atoms with van der Waals surface area (Å²) in [5, 5.41) is 4.68. The van der Waals surface area contributed by atoms with Gasteiger partial charge >= 0.3 is 386 Å². The Morgan fingerprint density at radius 1 is 0.603 bits per heavy atom. The second-order valence-electron chi connectivity index (χ2n) is 21.0. The van der Waals surface area contributed by atoms with Crippen LogP contribution in [-0.2, 0) is 35.6 Å². The maximum absolute atomic E-state index is 9.47. The summed E-state index contributed by atoms with van der Waals surface area (Å²) in [6.07, 6.45) is 3.67. The number of hydrogen-bond donors (Lipinski definition) is 0. The van der Waals surface area contributed by atoms with E-state index in [0.29, 0.717) is 22.7 Å². The fraction of sp³-hybridized carbons (Fsp3) is 0.237. The molecule has 0 spiro atoms. The number of para-hydroxylation sites is 2. The topological polar surface area (TPSA) is 53.0 Å². The van der Waals surface area contributed by atoms with E-state index in [1.165, 1.54) is 11.1 Å². The van der Waals surface area contributed by atoms with Crippen molar-refractivity contribution in [2.75, 3.05) is 4.81 Å². The predicted octanol–water partition coefficient (Wildman–Crippen LogP) is 15.2. The number of imidazole rings is 1. The first-order valence-electron chi connectivity index (χ1n) is 25.7. The number of aryl methyl sites for hydroxylation is 1. The molecule has 1 aliphatic rings. The van der Waals surface area contributed by atoms with Crippen LogP contribution in [0.4, 0.5) is 11.5 Å². The molecule has 0 fully saturated rings. The Labute approximate surface area is 419 Å². The van der Waals surface area contributed by atoms with Crippen LogP contribution in [0.1, 0.15) is 91.4 Å². The third kappa shape index (κ3) is 8.21. The van der Waals surface area contributed by atoms with Gasteiger partial charge in [0.05, 0.1) is 0 Å². The molecular formula is C59H59BN6OPt. The second-order valence-corrected chi connectivity index (χ2v) is 22.0. The van der Waals surface area contributed by atoms with Gasteiger partial charge in [0.25, 0.3) is 0 Å². The average Bonchev–Trinajstić information content (AvgIpc) is 3.95. The van der Waals surface area contributed by atoms with Crippen molar-refractivity contribution < 1.29 is 30.9 Å². The number of rotatable bonds is 7. The van der Waals surface area contributed by atoms with E-state index in [1.54, 1.807) is 0 Å². The zero-order chi connectivity index (χ0) is 52.2. The molecule has 10 rings (SSSR count). The third-order valence-corrected chi connectivity index (χ3v) is 14.0. The van der Waals surface area contributed by atoms with E-state index >= 15 is 0 Å². The van der Waals surface area contributed by atoms with Gasteiger partial charge in [-0.15, -0.1) is 0 Å². The first-order valence-corrected chi connectivity index (χ1v) is 24.3. The van der Waals surface area contributed by atoms with Gasteiger partial charge in [0.1, 0.15) is 0 Å². The van der Waals surface area contributed by atoms with Crippen LogP contribution in [-0.4, -0.2) is 30.8 Å². The van der Waals surface area contributed by atoms with Crippen LogP contribution >= 0.6 is 0 Å². The SMILES string of the molecule is [2H]c1c([2H])c([2H])c(-c2cc(C(C)(C)C)cc(-c3cc(C(C)(C)C)cc(C(C)(C)C)c3)c2-n2[c](=[Pt])n(-c3cccc(Oc4ccc5c(c4)N(c4cc(C)ccn4)B(C)n4nccc4-5)c3)c3ccccc32)c([2H])c1[2H]. The molecule has 0 amide bonds. The molecule has 9 aromatic rings. The number of anilines is 2. The van der Waals surface area contributed by atoms with Crippen molar-refractivity contribution in [2.45, 2.75) is 92.3 Å². The Kier molecular flexibility index (Phi) is 9.83. The molecule has 0 bridgehead atoms. The Hall–Kier alpha value is -6.50. The summed E-state index contributed by atoms with van der Waals surface area (Å²) in [5.41, 5.74) is 12.5. The molecule has 68 heavy (non-hydrogen) atoms. The fourth-order valence-corrected chi connectivity index (χ4v) is 10.3. The van der Waals surface area contributed by atoms with Gasteiger partial charge in [0, 0.05) is 12.4 Å². The number of benzene rings is 6. The van der Waals surface area contributed by atoms with Crippen molar-refractivity contribution >= 4 is 29.5 Å². The molecule has 0 atom stereocenters. The first kappa shape index (κ1) is 39.5. The molecule has 6 aromatic carbocycles. The van der Waals surface area contributed by atoms with E-state index in [1.807, 2.05) is 71.6 Å². The van der Waals surface area contributed by atoms with Crippen LogP contribution in [0, 0.1) is 10.7 Å². The minimum absolute atomic E-state index is 0.143. The van der Waals surface area contributed by atoms with E-state index in [2.05, 4.69) is 175 Å². The Balaban J connectivity index is 1.21. The Bertz CT molecular complexity index is 3700. The molecule has 1 aliphatic heterocycles. The van der Waals surface area contributed by atoms with Crippen molar-refractivity contribution in [1.82, 2.24) is 23.8 Å². The van der Waals surface area contributed by atoms with E-state index in [0.717, 1.165) is 65.5 Å². The van der Waals surface area contributed by atoms with Crippen molar-refractivity contribution in [2.24, 2.45) is 0 Å². The van der Waals surface area contributed by atoms with Gasteiger partial charge < -0.3 is 0 Å². The summed E-state index contributed by atoms with van der Waals surface area (Å²) in [6.45, 7) is 23.9. The maximum atomic E-state index is 9.47. The van der Waals surface area contributed by atoms with Crippen LogP contribution < -0.4 is 9.55 Å². The summed E-state index contributed by atoms with van der Waals surface area (Å²) in [4.78, 5) is 6.99. The van der Waals surface area contributed by atoms with Crippen molar-refractivity contribution in [3.05, 3.63) is 184 Å².